The van der Waals surface area contributed by atoms with Crippen LogP contribution >= 0.6 is 0 Å². The zero-order chi connectivity index (χ0) is 12.8. The molecule has 4 aromatic heterocycles. The first-order valence-electron chi connectivity index (χ1n) is 6.16. The lowest BCUT2D eigenvalue weighted by Gasteiger charge is -2.02. The fourth-order valence-corrected chi connectivity index (χ4v) is 2.57. The fraction of sp³-hybridized carbons (Fsp3) is 0.0667. The van der Waals surface area contributed by atoms with Crippen LogP contribution in [0.15, 0.2) is 55.2 Å². The van der Waals surface area contributed by atoms with Crippen LogP contribution in [0, 0.1) is 0 Å². The van der Waals surface area contributed by atoms with Gasteiger partial charge in [-0.15, -0.1) is 0 Å². The summed E-state index contributed by atoms with van der Waals surface area (Å²) in [6, 6.07) is 8.19. The normalized spacial score (nSPS) is 11.4. The Balaban J connectivity index is 2.10. The molecule has 0 aromatic carbocycles. The maximum absolute atomic E-state index is 4.43. The van der Waals surface area contributed by atoms with Gasteiger partial charge in [0.15, 0.2) is 0 Å². The third-order valence-electron chi connectivity index (χ3n) is 3.47. The third-order valence-corrected chi connectivity index (χ3v) is 3.47. The van der Waals surface area contributed by atoms with E-state index in [2.05, 4.69) is 39.1 Å². The SMILES string of the molecule is Cn1cc(-n2ccc3ccncc32)c2cccnc21. The van der Waals surface area contributed by atoms with Crippen molar-refractivity contribution in [2.75, 3.05) is 0 Å². The summed E-state index contributed by atoms with van der Waals surface area (Å²) >= 11 is 0. The Kier molecular flexibility index (Phi) is 2.00. The van der Waals surface area contributed by atoms with Crippen molar-refractivity contribution in [1.82, 2.24) is 19.1 Å². The van der Waals surface area contributed by atoms with Crippen LogP contribution in [0.3, 0.4) is 0 Å². The quantitative estimate of drug-likeness (QED) is 0.519. The largest absolute Gasteiger partial charge is 0.333 e. The number of hydrogen-bond acceptors (Lipinski definition) is 2. The van der Waals surface area contributed by atoms with Gasteiger partial charge in [-0.2, -0.15) is 0 Å². The maximum Gasteiger partial charge on any atom is 0.141 e. The van der Waals surface area contributed by atoms with E-state index >= 15 is 0 Å². The van der Waals surface area contributed by atoms with Gasteiger partial charge in [0.2, 0.25) is 0 Å². The lowest BCUT2D eigenvalue weighted by atomic mass is 10.3. The van der Waals surface area contributed by atoms with Gasteiger partial charge in [-0.1, -0.05) is 0 Å². The van der Waals surface area contributed by atoms with Crippen LogP contribution in [0.1, 0.15) is 0 Å². The molecule has 92 valence electrons. The molecule has 4 heterocycles. The van der Waals surface area contributed by atoms with E-state index in [1.54, 1.807) is 0 Å². The Morgan fingerprint density at radius 3 is 3.00 bits per heavy atom. The van der Waals surface area contributed by atoms with Gasteiger partial charge in [-0.3, -0.25) is 4.98 Å². The van der Waals surface area contributed by atoms with E-state index in [4.69, 9.17) is 0 Å². The van der Waals surface area contributed by atoms with Crippen LogP contribution in [0.5, 0.6) is 0 Å². The molecule has 0 radical (unpaired) electrons. The van der Waals surface area contributed by atoms with Crippen LogP contribution < -0.4 is 0 Å². The zero-order valence-corrected chi connectivity index (χ0v) is 10.5. The maximum atomic E-state index is 4.43. The first-order chi connectivity index (χ1) is 9.34. The molecule has 4 heteroatoms. The lowest BCUT2D eigenvalue weighted by molar-refractivity contribution is 0.939. The van der Waals surface area contributed by atoms with Crippen molar-refractivity contribution < 1.29 is 0 Å². The van der Waals surface area contributed by atoms with E-state index in [0.29, 0.717) is 0 Å². The first-order valence-corrected chi connectivity index (χ1v) is 6.16. The standard InChI is InChI=1S/C15H12N4/c1-18-10-14(12-3-2-6-17-15(12)18)19-8-5-11-4-7-16-9-13(11)19/h2-10H,1H3. The van der Waals surface area contributed by atoms with Crippen molar-refractivity contribution in [3.05, 3.63) is 55.2 Å². The van der Waals surface area contributed by atoms with Crippen LogP contribution in [0.2, 0.25) is 0 Å². The first kappa shape index (κ1) is 10.3. The summed E-state index contributed by atoms with van der Waals surface area (Å²) in [5.41, 5.74) is 3.23. The Labute approximate surface area is 109 Å². The molecule has 0 atom stereocenters. The van der Waals surface area contributed by atoms with Crippen LogP contribution in [0.25, 0.3) is 27.6 Å². The van der Waals surface area contributed by atoms with E-state index in [1.807, 2.05) is 42.3 Å². The average Bonchev–Trinajstić information content (AvgIpc) is 3.01. The molecular formula is C15H12N4. The molecule has 0 saturated heterocycles. The van der Waals surface area contributed by atoms with Crippen molar-refractivity contribution >= 4 is 21.9 Å². The summed E-state index contributed by atoms with van der Waals surface area (Å²) in [6.45, 7) is 0. The summed E-state index contributed by atoms with van der Waals surface area (Å²) in [5.74, 6) is 0. The number of nitrogens with zero attached hydrogens (tertiary/aromatic N) is 4. The summed E-state index contributed by atoms with van der Waals surface area (Å²) in [4.78, 5) is 8.64. The molecule has 4 nitrogen and oxygen atoms in total. The molecule has 0 N–H and O–H groups in total. The van der Waals surface area contributed by atoms with Gasteiger partial charge < -0.3 is 9.13 Å². The van der Waals surface area contributed by atoms with E-state index in [0.717, 1.165) is 22.2 Å². The molecule has 4 aromatic rings. The van der Waals surface area contributed by atoms with Crippen molar-refractivity contribution in [1.29, 1.82) is 0 Å². The highest BCUT2D eigenvalue weighted by atomic mass is 15.1. The molecule has 19 heavy (non-hydrogen) atoms. The highest BCUT2D eigenvalue weighted by Gasteiger charge is 2.10. The minimum atomic E-state index is 0.989. The molecule has 0 unspecified atom stereocenters. The van der Waals surface area contributed by atoms with Crippen LogP contribution in [-0.2, 0) is 7.05 Å². The lowest BCUT2D eigenvalue weighted by Crippen LogP contribution is -1.90. The highest BCUT2D eigenvalue weighted by Crippen LogP contribution is 2.26. The van der Waals surface area contributed by atoms with Crippen LogP contribution in [-0.4, -0.2) is 19.1 Å². The second-order valence-electron chi connectivity index (χ2n) is 4.62. The topological polar surface area (TPSA) is 35.6 Å². The Bertz CT molecular complexity index is 885. The average molecular weight is 248 g/mol. The molecule has 0 spiro atoms. The zero-order valence-electron chi connectivity index (χ0n) is 10.5. The summed E-state index contributed by atoms with van der Waals surface area (Å²) in [6.07, 6.45) is 9.71. The van der Waals surface area contributed by atoms with Gasteiger partial charge in [-0.05, 0) is 24.3 Å². The summed E-state index contributed by atoms with van der Waals surface area (Å²) in [5, 5.41) is 2.34. The van der Waals surface area contributed by atoms with Gasteiger partial charge >= 0.3 is 0 Å². The molecule has 0 saturated carbocycles. The smallest absolute Gasteiger partial charge is 0.141 e. The van der Waals surface area contributed by atoms with Crippen molar-refractivity contribution in [2.45, 2.75) is 0 Å². The number of pyridine rings is 2. The van der Waals surface area contributed by atoms with Crippen molar-refractivity contribution in [3.63, 3.8) is 0 Å². The van der Waals surface area contributed by atoms with E-state index < -0.39 is 0 Å². The predicted octanol–water partition coefficient (Wildman–Crippen LogP) is 2.91. The van der Waals surface area contributed by atoms with Gasteiger partial charge in [0, 0.05) is 42.6 Å². The van der Waals surface area contributed by atoms with E-state index in [-0.39, 0.29) is 0 Å². The second-order valence-corrected chi connectivity index (χ2v) is 4.62. The Morgan fingerprint density at radius 1 is 1.11 bits per heavy atom. The minimum Gasteiger partial charge on any atom is -0.333 e. The number of aromatic nitrogens is 4. The molecule has 0 fully saturated rings. The Hall–Kier alpha value is -2.62. The molecular weight excluding hydrogens is 236 g/mol. The highest BCUT2D eigenvalue weighted by molar-refractivity contribution is 5.90. The van der Waals surface area contributed by atoms with Gasteiger partial charge in [0.25, 0.3) is 0 Å². The Morgan fingerprint density at radius 2 is 2.05 bits per heavy atom. The van der Waals surface area contributed by atoms with Gasteiger partial charge in [0.05, 0.1) is 17.4 Å². The number of fused-ring (bicyclic) bond motifs is 2. The third kappa shape index (κ3) is 1.40. The molecule has 0 aliphatic carbocycles. The fourth-order valence-electron chi connectivity index (χ4n) is 2.57. The predicted molar refractivity (Wildman–Crippen MR) is 75.3 cm³/mol. The molecule has 4 rings (SSSR count). The summed E-state index contributed by atoms with van der Waals surface area (Å²) in [7, 11) is 2.02. The van der Waals surface area contributed by atoms with Gasteiger partial charge in [-0.25, -0.2) is 4.98 Å². The number of hydrogen-bond donors (Lipinski definition) is 0. The molecule has 0 aliphatic rings. The van der Waals surface area contributed by atoms with Gasteiger partial charge in [0.1, 0.15) is 5.65 Å². The number of aryl methyl sites for hydroxylation is 1. The van der Waals surface area contributed by atoms with E-state index in [9.17, 15) is 0 Å². The monoisotopic (exact) mass is 248 g/mol. The summed E-state index contributed by atoms with van der Waals surface area (Å²) < 4.78 is 4.21. The minimum absolute atomic E-state index is 0.989. The van der Waals surface area contributed by atoms with E-state index in [1.165, 1.54) is 5.39 Å². The van der Waals surface area contributed by atoms with Crippen molar-refractivity contribution in [2.24, 2.45) is 7.05 Å². The molecule has 0 amide bonds. The number of rotatable bonds is 1. The molecule has 0 aliphatic heterocycles. The van der Waals surface area contributed by atoms with Crippen molar-refractivity contribution in [3.8, 4) is 5.69 Å². The molecule has 0 bridgehead atoms. The second kappa shape index (κ2) is 3.68. The van der Waals surface area contributed by atoms with Crippen LogP contribution in [0.4, 0.5) is 0 Å².